The number of ether oxygens (including phenoxy) is 1. The lowest BCUT2D eigenvalue weighted by Gasteiger charge is -2.27. The number of pyridine rings is 1. The van der Waals surface area contributed by atoms with Crippen LogP contribution in [0.3, 0.4) is 0 Å². The van der Waals surface area contributed by atoms with Crippen LogP contribution in [0.1, 0.15) is 5.56 Å². The van der Waals surface area contributed by atoms with Gasteiger partial charge in [-0.05, 0) is 36.4 Å². The second kappa shape index (κ2) is 6.86. The zero-order chi connectivity index (χ0) is 17.0. The molecule has 1 fully saturated rings. The number of hydrogen-bond acceptors (Lipinski definition) is 6. The number of aromatic nitrogens is 1. The SMILES string of the molecule is N#Cc1ccc(S(=O)(=O)Nc2ccc(N3CCOCC3)nc2)cc1. The molecule has 7 nitrogen and oxygen atoms in total. The molecule has 124 valence electrons. The molecular formula is C16H16N4O3S. The highest BCUT2D eigenvalue weighted by atomic mass is 32.2. The van der Waals surface area contributed by atoms with Gasteiger partial charge in [0.1, 0.15) is 5.82 Å². The van der Waals surface area contributed by atoms with Crippen LogP contribution in [-0.2, 0) is 14.8 Å². The number of sulfonamides is 1. The zero-order valence-electron chi connectivity index (χ0n) is 12.8. The molecule has 1 aromatic heterocycles. The van der Waals surface area contributed by atoms with Crippen LogP contribution >= 0.6 is 0 Å². The van der Waals surface area contributed by atoms with Crippen molar-refractivity contribution in [2.75, 3.05) is 35.9 Å². The van der Waals surface area contributed by atoms with Crippen molar-refractivity contribution >= 4 is 21.5 Å². The monoisotopic (exact) mass is 344 g/mol. The van der Waals surface area contributed by atoms with Gasteiger partial charge < -0.3 is 9.64 Å². The van der Waals surface area contributed by atoms with Gasteiger partial charge in [-0.2, -0.15) is 5.26 Å². The fourth-order valence-corrected chi connectivity index (χ4v) is 3.39. The summed E-state index contributed by atoms with van der Waals surface area (Å²) in [4.78, 5) is 6.49. The van der Waals surface area contributed by atoms with Crippen molar-refractivity contribution in [2.45, 2.75) is 4.90 Å². The summed E-state index contributed by atoms with van der Waals surface area (Å²) in [5.41, 5.74) is 0.793. The highest BCUT2D eigenvalue weighted by Crippen LogP contribution is 2.19. The van der Waals surface area contributed by atoms with E-state index in [1.807, 2.05) is 6.07 Å². The normalized spacial score (nSPS) is 14.9. The number of nitrogens with one attached hydrogen (secondary N) is 1. The van der Waals surface area contributed by atoms with E-state index in [-0.39, 0.29) is 4.90 Å². The first-order valence-corrected chi connectivity index (χ1v) is 8.88. The third kappa shape index (κ3) is 3.64. The number of benzene rings is 1. The minimum absolute atomic E-state index is 0.0961. The fourth-order valence-electron chi connectivity index (χ4n) is 2.35. The summed E-state index contributed by atoms with van der Waals surface area (Å²) in [6, 6.07) is 11.1. The molecule has 0 bridgehead atoms. The van der Waals surface area contributed by atoms with Crippen molar-refractivity contribution in [3.8, 4) is 6.07 Å². The maximum atomic E-state index is 12.3. The molecule has 0 saturated carbocycles. The summed E-state index contributed by atoms with van der Waals surface area (Å²) in [7, 11) is -3.71. The van der Waals surface area contributed by atoms with Gasteiger partial charge in [0.25, 0.3) is 10.0 Å². The van der Waals surface area contributed by atoms with Crippen LogP contribution in [0.4, 0.5) is 11.5 Å². The van der Waals surface area contributed by atoms with Crippen LogP contribution in [-0.4, -0.2) is 39.7 Å². The van der Waals surface area contributed by atoms with Gasteiger partial charge >= 0.3 is 0 Å². The number of rotatable bonds is 4. The number of nitrogens with zero attached hydrogens (tertiary/aromatic N) is 3. The molecule has 8 heteroatoms. The summed E-state index contributed by atoms with van der Waals surface area (Å²) in [6.45, 7) is 2.86. The molecule has 1 aromatic carbocycles. The molecule has 0 atom stereocenters. The van der Waals surface area contributed by atoms with E-state index in [9.17, 15) is 8.42 Å². The molecule has 2 aromatic rings. The maximum absolute atomic E-state index is 12.3. The smallest absolute Gasteiger partial charge is 0.261 e. The molecule has 3 rings (SSSR count). The largest absolute Gasteiger partial charge is 0.378 e. The summed E-state index contributed by atoms with van der Waals surface area (Å²) < 4.78 is 32.5. The van der Waals surface area contributed by atoms with Crippen molar-refractivity contribution in [2.24, 2.45) is 0 Å². The molecule has 0 spiro atoms. The van der Waals surface area contributed by atoms with Gasteiger partial charge in [0.05, 0.1) is 41.6 Å². The number of nitriles is 1. The van der Waals surface area contributed by atoms with Crippen molar-refractivity contribution in [1.82, 2.24) is 4.98 Å². The van der Waals surface area contributed by atoms with Crippen molar-refractivity contribution < 1.29 is 13.2 Å². The van der Waals surface area contributed by atoms with E-state index in [0.717, 1.165) is 18.9 Å². The van der Waals surface area contributed by atoms with Gasteiger partial charge in [0.15, 0.2) is 0 Å². The van der Waals surface area contributed by atoms with E-state index >= 15 is 0 Å². The van der Waals surface area contributed by atoms with E-state index in [2.05, 4.69) is 14.6 Å². The van der Waals surface area contributed by atoms with Gasteiger partial charge in [-0.15, -0.1) is 0 Å². The second-order valence-corrected chi connectivity index (χ2v) is 6.93. The molecule has 0 radical (unpaired) electrons. The number of anilines is 2. The van der Waals surface area contributed by atoms with Gasteiger partial charge in [0, 0.05) is 13.1 Å². The Morgan fingerprint density at radius 2 is 1.83 bits per heavy atom. The predicted molar refractivity (Wildman–Crippen MR) is 89.2 cm³/mol. The van der Waals surface area contributed by atoms with E-state index in [1.54, 1.807) is 12.1 Å². The summed E-state index contributed by atoms with van der Waals surface area (Å²) in [6.07, 6.45) is 1.49. The first kappa shape index (κ1) is 16.2. The van der Waals surface area contributed by atoms with E-state index in [4.69, 9.17) is 10.00 Å². The predicted octanol–water partition coefficient (Wildman–Crippen LogP) is 1.59. The Morgan fingerprint density at radius 3 is 2.42 bits per heavy atom. The molecular weight excluding hydrogens is 328 g/mol. The van der Waals surface area contributed by atoms with Crippen molar-refractivity contribution in [1.29, 1.82) is 5.26 Å². The molecule has 1 N–H and O–H groups in total. The van der Waals surface area contributed by atoms with Gasteiger partial charge in [0.2, 0.25) is 0 Å². The Balaban J connectivity index is 1.73. The Labute approximate surface area is 140 Å². The number of morpholine rings is 1. The first-order chi connectivity index (χ1) is 11.6. The molecule has 0 aliphatic carbocycles. The zero-order valence-corrected chi connectivity index (χ0v) is 13.7. The van der Waals surface area contributed by atoms with Crippen LogP contribution in [0.2, 0.25) is 0 Å². The highest BCUT2D eigenvalue weighted by molar-refractivity contribution is 7.92. The summed E-state index contributed by atoms with van der Waals surface area (Å²) in [5, 5.41) is 8.76. The Bertz CT molecular complexity index is 836. The molecule has 1 saturated heterocycles. The molecule has 2 heterocycles. The first-order valence-electron chi connectivity index (χ1n) is 7.40. The molecule has 0 unspecified atom stereocenters. The van der Waals surface area contributed by atoms with Crippen LogP contribution in [0.25, 0.3) is 0 Å². The topological polar surface area (TPSA) is 95.3 Å². The van der Waals surface area contributed by atoms with Gasteiger partial charge in [-0.3, -0.25) is 4.72 Å². The highest BCUT2D eigenvalue weighted by Gasteiger charge is 2.16. The lowest BCUT2D eigenvalue weighted by atomic mass is 10.2. The molecule has 24 heavy (non-hydrogen) atoms. The van der Waals surface area contributed by atoms with Gasteiger partial charge in [-0.25, -0.2) is 13.4 Å². The lowest BCUT2D eigenvalue weighted by molar-refractivity contribution is 0.122. The third-order valence-corrected chi connectivity index (χ3v) is 5.03. The van der Waals surface area contributed by atoms with E-state index in [0.29, 0.717) is 24.5 Å². The molecule has 1 aliphatic rings. The minimum atomic E-state index is -3.71. The third-order valence-electron chi connectivity index (χ3n) is 3.63. The van der Waals surface area contributed by atoms with Crippen LogP contribution < -0.4 is 9.62 Å². The molecule has 0 amide bonds. The summed E-state index contributed by atoms with van der Waals surface area (Å²) >= 11 is 0. The minimum Gasteiger partial charge on any atom is -0.378 e. The van der Waals surface area contributed by atoms with Gasteiger partial charge in [-0.1, -0.05) is 0 Å². The quantitative estimate of drug-likeness (QED) is 0.905. The average molecular weight is 344 g/mol. The van der Waals surface area contributed by atoms with Crippen LogP contribution in [0, 0.1) is 11.3 Å². The molecule has 1 aliphatic heterocycles. The van der Waals surface area contributed by atoms with E-state index < -0.39 is 10.0 Å². The number of hydrogen-bond donors (Lipinski definition) is 1. The summed E-state index contributed by atoms with van der Waals surface area (Å²) in [5.74, 6) is 0.791. The Hall–Kier alpha value is -2.63. The van der Waals surface area contributed by atoms with Crippen molar-refractivity contribution in [3.05, 3.63) is 48.2 Å². The Morgan fingerprint density at radius 1 is 1.12 bits per heavy atom. The lowest BCUT2D eigenvalue weighted by Crippen LogP contribution is -2.36. The van der Waals surface area contributed by atoms with Crippen LogP contribution in [0.15, 0.2) is 47.5 Å². The second-order valence-electron chi connectivity index (χ2n) is 5.25. The van der Waals surface area contributed by atoms with E-state index in [1.165, 1.54) is 30.5 Å². The maximum Gasteiger partial charge on any atom is 0.261 e. The van der Waals surface area contributed by atoms with Crippen LogP contribution in [0.5, 0.6) is 0 Å². The Kier molecular flexibility index (Phi) is 4.64. The average Bonchev–Trinajstić information content (AvgIpc) is 2.63. The standard InChI is InChI=1S/C16H16N4O3S/c17-11-13-1-4-15(5-2-13)24(21,22)19-14-3-6-16(18-12-14)20-7-9-23-10-8-20/h1-6,12,19H,7-10H2. The van der Waals surface area contributed by atoms with Crippen molar-refractivity contribution in [3.63, 3.8) is 0 Å². The fraction of sp³-hybridized carbons (Fsp3) is 0.250.